The average Bonchev–Trinajstić information content (AvgIpc) is 2.96. The zero-order valence-corrected chi connectivity index (χ0v) is 18.9. The normalized spacial score (nSPS) is 18.9. The third-order valence-electron chi connectivity index (χ3n) is 6.55. The van der Waals surface area contributed by atoms with E-state index in [0.29, 0.717) is 12.8 Å². The van der Waals surface area contributed by atoms with Gasteiger partial charge in [0.05, 0.1) is 12.5 Å². The second-order valence-electron chi connectivity index (χ2n) is 8.65. The molecule has 4 rings (SSSR count). The van der Waals surface area contributed by atoms with Crippen LogP contribution in [0.5, 0.6) is 0 Å². The monoisotopic (exact) mass is 460 g/mol. The SMILES string of the molecule is O=C(O)C#CCNC(=O)[C@H]1CCCCC[C@H]1NC(=O)OCC1c2ccccc2-c2ccccc21. The minimum absolute atomic E-state index is 0.0285. The number of amides is 2. The summed E-state index contributed by atoms with van der Waals surface area (Å²) in [5.41, 5.74) is 4.62. The van der Waals surface area contributed by atoms with Gasteiger partial charge in [-0.2, -0.15) is 0 Å². The molecule has 0 aliphatic heterocycles. The molecule has 2 aliphatic carbocycles. The van der Waals surface area contributed by atoms with Crippen LogP contribution in [0.1, 0.15) is 49.1 Å². The minimum atomic E-state index is -1.24. The topological polar surface area (TPSA) is 105 Å². The molecular weight excluding hydrogens is 432 g/mol. The molecule has 0 spiro atoms. The summed E-state index contributed by atoms with van der Waals surface area (Å²) in [5.74, 6) is 2.47. The van der Waals surface area contributed by atoms with Crippen molar-refractivity contribution in [3.8, 4) is 23.0 Å². The zero-order chi connectivity index (χ0) is 23.9. The van der Waals surface area contributed by atoms with Gasteiger partial charge in [0.15, 0.2) is 0 Å². The standard InChI is InChI=1S/C27H28N2O5/c30-25(31)15-8-16-28-26(32)22-13-2-1-3-14-24(22)29-27(33)34-17-23-20-11-6-4-9-18(20)19-10-5-7-12-21(19)23/h4-7,9-12,22-24H,1-3,13-14,16-17H2,(H,28,32)(H,29,33)(H,30,31)/t22-,24+/m0/s1. The van der Waals surface area contributed by atoms with E-state index in [-0.39, 0.29) is 31.0 Å². The summed E-state index contributed by atoms with van der Waals surface area (Å²) in [7, 11) is 0. The lowest BCUT2D eigenvalue weighted by Gasteiger charge is -2.25. The van der Waals surface area contributed by atoms with Crippen LogP contribution < -0.4 is 10.6 Å². The lowest BCUT2D eigenvalue weighted by molar-refractivity contribution is -0.130. The summed E-state index contributed by atoms with van der Waals surface area (Å²) in [6.45, 7) is 0.174. The maximum absolute atomic E-state index is 12.8. The molecule has 0 bridgehead atoms. The summed E-state index contributed by atoms with van der Waals surface area (Å²) in [4.78, 5) is 36.0. The Morgan fingerprint density at radius 3 is 2.26 bits per heavy atom. The van der Waals surface area contributed by atoms with Crippen LogP contribution in [0, 0.1) is 17.8 Å². The number of hydrogen-bond acceptors (Lipinski definition) is 4. The van der Waals surface area contributed by atoms with E-state index in [9.17, 15) is 14.4 Å². The molecule has 3 N–H and O–H groups in total. The van der Waals surface area contributed by atoms with Gasteiger partial charge < -0.3 is 20.5 Å². The number of nitrogens with one attached hydrogen (secondary N) is 2. The van der Waals surface area contributed by atoms with Gasteiger partial charge in [0.1, 0.15) is 6.61 Å². The molecule has 7 nitrogen and oxygen atoms in total. The Hall–Kier alpha value is -3.79. The lowest BCUT2D eigenvalue weighted by Crippen LogP contribution is -2.46. The van der Waals surface area contributed by atoms with Gasteiger partial charge in [-0.05, 0) is 35.1 Å². The number of alkyl carbamates (subject to hydrolysis) is 1. The molecule has 0 heterocycles. The largest absolute Gasteiger partial charge is 0.472 e. The number of fused-ring (bicyclic) bond motifs is 3. The molecular formula is C27H28N2O5. The molecule has 34 heavy (non-hydrogen) atoms. The van der Waals surface area contributed by atoms with Crippen molar-refractivity contribution in [2.45, 2.75) is 44.1 Å². The molecule has 2 aliphatic rings. The molecule has 7 heteroatoms. The summed E-state index contributed by atoms with van der Waals surface area (Å²) in [6, 6.07) is 16.0. The first kappa shape index (κ1) is 23.4. The van der Waals surface area contributed by atoms with Gasteiger partial charge in [0.2, 0.25) is 5.91 Å². The first-order valence-electron chi connectivity index (χ1n) is 11.7. The fourth-order valence-electron chi connectivity index (χ4n) is 4.97. The number of carboxylic acids is 1. The summed E-state index contributed by atoms with van der Waals surface area (Å²) < 4.78 is 5.67. The highest BCUT2D eigenvalue weighted by Crippen LogP contribution is 2.44. The Bertz CT molecular complexity index is 1090. The number of hydrogen-bond donors (Lipinski definition) is 3. The molecule has 2 aromatic carbocycles. The predicted octanol–water partition coefficient (Wildman–Crippen LogP) is 3.68. The number of carbonyl (C=O) groups excluding carboxylic acids is 2. The highest BCUT2D eigenvalue weighted by Gasteiger charge is 2.32. The van der Waals surface area contributed by atoms with Crippen LogP contribution in [-0.2, 0) is 14.3 Å². The second kappa shape index (κ2) is 10.9. The predicted molar refractivity (Wildman–Crippen MR) is 127 cm³/mol. The van der Waals surface area contributed by atoms with Crippen LogP contribution in [0.3, 0.4) is 0 Å². The van der Waals surface area contributed by atoms with Crippen LogP contribution in [-0.4, -0.2) is 42.3 Å². The average molecular weight is 461 g/mol. The van der Waals surface area contributed by atoms with E-state index < -0.39 is 18.0 Å². The smallest absolute Gasteiger partial charge is 0.407 e. The first-order chi connectivity index (χ1) is 16.5. The van der Waals surface area contributed by atoms with Gasteiger partial charge in [-0.3, -0.25) is 4.79 Å². The van der Waals surface area contributed by atoms with Crippen molar-refractivity contribution in [1.29, 1.82) is 0 Å². The first-order valence-corrected chi connectivity index (χ1v) is 11.7. The van der Waals surface area contributed by atoms with Gasteiger partial charge in [-0.15, -0.1) is 0 Å². The van der Waals surface area contributed by atoms with Crippen LogP contribution >= 0.6 is 0 Å². The molecule has 1 saturated carbocycles. The van der Waals surface area contributed by atoms with Crippen LogP contribution in [0.25, 0.3) is 11.1 Å². The van der Waals surface area contributed by atoms with Crippen molar-refractivity contribution < 1.29 is 24.2 Å². The third-order valence-corrected chi connectivity index (χ3v) is 6.55. The van der Waals surface area contributed by atoms with Crippen LogP contribution in [0.4, 0.5) is 4.79 Å². The van der Waals surface area contributed by atoms with E-state index in [1.165, 1.54) is 11.1 Å². The van der Waals surface area contributed by atoms with Crippen LogP contribution in [0.2, 0.25) is 0 Å². The highest BCUT2D eigenvalue weighted by molar-refractivity contribution is 5.86. The fourth-order valence-corrected chi connectivity index (χ4v) is 4.97. The molecule has 0 radical (unpaired) electrons. The third kappa shape index (κ3) is 5.40. The molecule has 0 unspecified atom stereocenters. The molecule has 1 fully saturated rings. The maximum Gasteiger partial charge on any atom is 0.407 e. The quantitative estimate of drug-likeness (QED) is 0.466. The summed E-state index contributed by atoms with van der Waals surface area (Å²) in [6.07, 6.45) is 3.59. The Morgan fingerprint density at radius 2 is 1.59 bits per heavy atom. The highest BCUT2D eigenvalue weighted by atomic mass is 16.5. The van der Waals surface area contributed by atoms with E-state index in [1.807, 2.05) is 30.2 Å². The molecule has 2 atom stereocenters. The second-order valence-corrected chi connectivity index (χ2v) is 8.65. The van der Waals surface area contributed by atoms with Gasteiger partial charge in [-0.25, -0.2) is 9.59 Å². The van der Waals surface area contributed by atoms with Crippen molar-refractivity contribution in [2.24, 2.45) is 5.92 Å². The Balaban J connectivity index is 1.38. The van der Waals surface area contributed by atoms with Gasteiger partial charge >= 0.3 is 12.1 Å². The van der Waals surface area contributed by atoms with E-state index in [0.717, 1.165) is 30.4 Å². The van der Waals surface area contributed by atoms with Gasteiger partial charge in [-0.1, -0.05) is 73.7 Å². The van der Waals surface area contributed by atoms with Crippen molar-refractivity contribution in [3.63, 3.8) is 0 Å². The van der Waals surface area contributed by atoms with E-state index in [1.54, 1.807) is 0 Å². The summed E-state index contributed by atoms with van der Waals surface area (Å²) >= 11 is 0. The number of carbonyl (C=O) groups is 3. The van der Waals surface area contributed by atoms with Crippen molar-refractivity contribution in [3.05, 3.63) is 59.7 Å². The number of aliphatic carboxylic acids is 1. The van der Waals surface area contributed by atoms with Crippen molar-refractivity contribution in [1.82, 2.24) is 10.6 Å². The molecule has 0 aromatic heterocycles. The van der Waals surface area contributed by atoms with Crippen LogP contribution in [0.15, 0.2) is 48.5 Å². The number of benzene rings is 2. The van der Waals surface area contributed by atoms with Crippen molar-refractivity contribution in [2.75, 3.05) is 13.2 Å². The number of carboxylic acid groups (broad SMARTS) is 1. The number of rotatable bonds is 5. The van der Waals surface area contributed by atoms with E-state index in [4.69, 9.17) is 9.84 Å². The minimum Gasteiger partial charge on any atom is -0.472 e. The van der Waals surface area contributed by atoms with Gasteiger partial charge in [0.25, 0.3) is 0 Å². The lowest BCUT2D eigenvalue weighted by atomic mass is 9.94. The zero-order valence-electron chi connectivity index (χ0n) is 18.9. The molecule has 2 amide bonds. The Labute approximate surface area is 198 Å². The van der Waals surface area contributed by atoms with Gasteiger partial charge in [0, 0.05) is 17.9 Å². The Morgan fingerprint density at radius 1 is 0.941 bits per heavy atom. The van der Waals surface area contributed by atoms with E-state index in [2.05, 4.69) is 40.8 Å². The molecule has 0 saturated heterocycles. The number of ether oxygens (including phenoxy) is 1. The van der Waals surface area contributed by atoms with E-state index >= 15 is 0 Å². The summed E-state index contributed by atoms with van der Waals surface area (Å²) in [5, 5.41) is 14.2. The molecule has 176 valence electrons. The molecule has 2 aromatic rings. The fraction of sp³-hybridized carbons (Fsp3) is 0.370. The maximum atomic E-state index is 12.8. The Kier molecular flexibility index (Phi) is 7.48. The van der Waals surface area contributed by atoms with Crippen molar-refractivity contribution >= 4 is 18.0 Å².